The van der Waals surface area contributed by atoms with Gasteiger partial charge in [-0.15, -0.1) is 0 Å². The fraction of sp³-hybridized carbons (Fsp3) is 0.310. The van der Waals surface area contributed by atoms with Gasteiger partial charge in [-0.1, -0.05) is 13.8 Å². The van der Waals surface area contributed by atoms with E-state index in [1.165, 1.54) is 13.2 Å². The molecule has 2 amide bonds. The maximum absolute atomic E-state index is 14.3. The van der Waals surface area contributed by atoms with E-state index >= 15 is 0 Å². The molecule has 1 saturated heterocycles. The Kier molecular flexibility index (Phi) is 8.43. The van der Waals surface area contributed by atoms with Gasteiger partial charge in [-0.25, -0.2) is 14.4 Å². The number of piperazine rings is 1. The lowest BCUT2D eigenvalue weighted by Gasteiger charge is -2.34. The number of halogens is 1. The van der Waals surface area contributed by atoms with Gasteiger partial charge >= 0.3 is 0 Å². The third-order valence-electron chi connectivity index (χ3n) is 6.61. The molecule has 4 aromatic rings. The summed E-state index contributed by atoms with van der Waals surface area (Å²) in [5.74, 6) is 0.243. The predicted molar refractivity (Wildman–Crippen MR) is 149 cm³/mol. The molecule has 204 valence electrons. The van der Waals surface area contributed by atoms with E-state index in [0.717, 1.165) is 11.3 Å². The summed E-state index contributed by atoms with van der Waals surface area (Å²) in [6.07, 6.45) is 5.08. The minimum Gasteiger partial charge on any atom is -0.494 e. The average Bonchev–Trinajstić information content (AvgIpc) is 3.39. The molecule has 0 spiro atoms. The first-order chi connectivity index (χ1) is 18.9. The summed E-state index contributed by atoms with van der Waals surface area (Å²) in [5.41, 5.74) is 4.16. The number of carbonyl (C=O) groups excluding carboxylic acids is 2. The number of nitrogens with one attached hydrogen (secondary N) is 1. The van der Waals surface area contributed by atoms with Gasteiger partial charge in [0.1, 0.15) is 0 Å². The molecular weight excluding hydrogens is 499 g/mol. The molecule has 1 N–H and O–H groups in total. The normalized spacial score (nSPS) is 13.1. The number of imidazole rings is 1. The van der Waals surface area contributed by atoms with Crippen LogP contribution in [0, 0.1) is 12.7 Å². The number of carbonyl (C=O) groups is 2. The van der Waals surface area contributed by atoms with Gasteiger partial charge in [-0.3, -0.25) is 14.0 Å². The molecule has 39 heavy (non-hydrogen) atoms. The molecular formula is C29H33FN6O3. The number of nitrogens with zero attached hydrogens (tertiary/aromatic N) is 5. The van der Waals surface area contributed by atoms with Crippen molar-refractivity contribution in [2.75, 3.05) is 38.6 Å². The van der Waals surface area contributed by atoms with E-state index in [1.54, 1.807) is 53.5 Å². The summed E-state index contributed by atoms with van der Waals surface area (Å²) >= 11 is 0. The molecule has 0 aliphatic carbocycles. The molecule has 5 rings (SSSR count). The second-order valence-electron chi connectivity index (χ2n) is 8.92. The van der Waals surface area contributed by atoms with Crippen LogP contribution < -0.4 is 10.1 Å². The predicted octanol–water partition coefficient (Wildman–Crippen LogP) is 4.93. The van der Waals surface area contributed by atoms with Gasteiger partial charge in [0.2, 0.25) is 5.91 Å². The summed E-state index contributed by atoms with van der Waals surface area (Å²) in [6.45, 7) is 9.57. The van der Waals surface area contributed by atoms with Crippen molar-refractivity contribution in [1.29, 1.82) is 0 Å². The van der Waals surface area contributed by atoms with Crippen molar-refractivity contribution in [2.45, 2.75) is 27.7 Å². The van der Waals surface area contributed by atoms with E-state index < -0.39 is 5.82 Å². The summed E-state index contributed by atoms with van der Waals surface area (Å²) in [5, 5.41) is 3.29. The standard InChI is InChI=1S/C27H27FN6O3.C2H6/c1-17-14-20(5-6-21(17)27(36)33-12-10-32(11-13-33)18(2)35)31-25-26-30-16-23(34(26)9-8-29-25)19-4-7-24(37-3)22(28)15-19;1-2/h4-9,14-16H,10-13H2,1-3H3,(H,29,31);1-2H3. The summed E-state index contributed by atoms with van der Waals surface area (Å²) in [6, 6.07) is 10.3. The number of anilines is 2. The van der Waals surface area contributed by atoms with E-state index in [-0.39, 0.29) is 17.6 Å². The second-order valence-corrected chi connectivity index (χ2v) is 8.92. The van der Waals surface area contributed by atoms with Gasteiger partial charge in [-0.2, -0.15) is 0 Å². The lowest BCUT2D eigenvalue weighted by molar-refractivity contribution is -0.130. The van der Waals surface area contributed by atoms with Crippen LogP contribution in [0.2, 0.25) is 0 Å². The van der Waals surface area contributed by atoms with E-state index in [9.17, 15) is 14.0 Å². The Bertz CT molecular complexity index is 1490. The van der Waals surface area contributed by atoms with E-state index in [0.29, 0.717) is 54.5 Å². The molecule has 9 nitrogen and oxygen atoms in total. The van der Waals surface area contributed by atoms with Gasteiger partial charge in [0.05, 0.1) is 19.0 Å². The molecule has 0 atom stereocenters. The van der Waals surface area contributed by atoms with Gasteiger partial charge in [-0.05, 0) is 48.9 Å². The highest BCUT2D eigenvalue weighted by atomic mass is 19.1. The number of hydrogen-bond acceptors (Lipinski definition) is 6. The first kappa shape index (κ1) is 27.6. The van der Waals surface area contributed by atoms with Crippen molar-refractivity contribution in [3.05, 3.63) is 71.9 Å². The van der Waals surface area contributed by atoms with Crippen LogP contribution in [0.25, 0.3) is 16.9 Å². The van der Waals surface area contributed by atoms with Crippen molar-refractivity contribution in [3.63, 3.8) is 0 Å². The topological polar surface area (TPSA) is 92.1 Å². The molecule has 2 aromatic carbocycles. The van der Waals surface area contributed by atoms with Crippen molar-refractivity contribution in [3.8, 4) is 17.0 Å². The number of aryl methyl sites for hydroxylation is 1. The van der Waals surface area contributed by atoms with Crippen LogP contribution in [0.15, 0.2) is 55.0 Å². The molecule has 1 aliphatic rings. The fourth-order valence-corrected chi connectivity index (χ4v) is 4.56. The maximum atomic E-state index is 14.3. The number of ether oxygens (including phenoxy) is 1. The highest BCUT2D eigenvalue weighted by Gasteiger charge is 2.24. The van der Waals surface area contributed by atoms with E-state index in [2.05, 4.69) is 15.3 Å². The summed E-state index contributed by atoms with van der Waals surface area (Å²) in [4.78, 5) is 37.1. The minimum atomic E-state index is -0.451. The highest BCUT2D eigenvalue weighted by molar-refractivity contribution is 5.96. The van der Waals surface area contributed by atoms with Crippen molar-refractivity contribution in [1.82, 2.24) is 24.2 Å². The Labute approximate surface area is 227 Å². The molecule has 1 fully saturated rings. The maximum Gasteiger partial charge on any atom is 0.254 e. The van der Waals surface area contributed by atoms with Gasteiger partial charge < -0.3 is 19.9 Å². The number of aromatic nitrogens is 3. The molecule has 0 radical (unpaired) electrons. The van der Waals surface area contributed by atoms with Crippen LogP contribution in [0.5, 0.6) is 5.75 Å². The Morgan fingerprint density at radius 2 is 1.72 bits per heavy atom. The SMILES string of the molecule is CC.COc1ccc(-c2cnc3c(Nc4ccc(C(=O)N5CCN(C(C)=O)CC5)c(C)c4)nccn23)cc1F. The number of hydrogen-bond donors (Lipinski definition) is 1. The minimum absolute atomic E-state index is 0.0306. The van der Waals surface area contributed by atoms with E-state index in [4.69, 9.17) is 4.74 Å². The smallest absolute Gasteiger partial charge is 0.254 e. The molecule has 10 heteroatoms. The van der Waals surface area contributed by atoms with Crippen LogP contribution in [0.1, 0.15) is 36.7 Å². The van der Waals surface area contributed by atoms with Crippen LogP contribution in [-0.4, -0.2) is 69.3 Å². The van der Waals surface area contributed by atoms with Crippen LogP contribution in [0.4, 0.5) is 15.9 Å². The second kappa shape index (κ2) is 11.9. The largest absolute Gasteiger partial charge is 0.494 e. The Hall–Kier alpha value is -4.47. The fourth-order valence-electron chi connectivity index (χ4n) is 4.56. The van der Waals surface area contributed by atoms with E-state index in [1.807, 2.05) is 37.3 Å². The summed E-state index contributed by atoms with van der Waals surface area (Å²) < 4.78 is 21.1. The average molecular weight is 533 g/mol. The van der Waals surface area contributed by atoms with Crippen LogP contribution in [-0.2, 0) is 4.79 Å². The molecule has 2 aromatic heterocycles. The van der Waals surface area contributed by atoms with Gasteiger partial charge in [0.25, 0.3) is 5.91 Å². The number of rotatable bonds is 5. The Balaban J connectivity index is 0.00000172. The van der Waals surface area contributed by atoms with Crippen molar-refractivity contribution >= 4 is 29.0 Å². The highest BCUT2D eigenvalue weighted by Crippen LogP contribution is 2.29. The first-order valence-corrected chi connectivity index (χ1v) is 12.9. The number of methoxy groups -OCH3 is 1. The zero-order valence-electron chi connectivity index (χ0n) is 22.9. The first-order valence-electron chi connectivity index (χ1n) is 12.9. The number of amides is 2. The Morgan fingerprint density at radius 3 is 2.36 bits per heavy atom. The van der Waals surface area contributed by atoms with Crippen LogP contribution in [0.3, 0.4) is 0 Å². The Morgan fingerprint density at radius 1 is 1.00 bits per heavy atom. The number of fused-ring (bicyclic) bond motifs is 1. The molecule has 3 heterocycles. The van der Waals surface area contributed by atoms with Gasteiger partial charge in [0, 0.05) is 62.3 Å². The monoisotopic (exact) mass is 532 g/mol. The zero-order valence-corrected chi connectivity index (χ0v) is 22.9. The zero-order chi connectivity index (χ0) is 28.1. The lowest BCUT2D eigenvalue weighted by Crippen LogP contribution is -2.50. The quantitative estimate of drug-likeness (QED) is 0.392. The summed E-state index contributed by atoms with van der Waals surface area (Å²) in [7, 11) is 1.43. The van der Waals surface area contributed by atoms with Crippen molar-refractivity contribution in [2.24, 2.45) is 0 Å². The molecule has 0 bridgehead atoms. The molecule has 1 aliphatic heterocycles. The molecule has 0 saturated carbocycles. The van der Waals surface area contributed by atoms with Crippen LogP contribution >= 0.6 is 0 Å². The number of benzene rings is 2. The lowest BCUT2D eigenvalue weighted by atomic mass is 10.1. The third-order valence-corrected chi connectivity index (χ3v) is 6.61. The molecule has 0 unspecified atom stereocenters. The van der Waals surface area contributed by atoms with Crippen molar-refractivity contribution < 1.29 is 18.7 Å². The third kappa shape index (κ3) is 5.69. The van der Waals surface area contributed by atoms with Gasteiger partial charge in [0.15, 0.2) is 23.0 Å².